The molecule has 2 heterocycles. The number of carbonyl (C=O) groups excluding carboxylic acids is 2. The van der Waals surface area contributed by atoms with Crippen molar-refractivity contribution in [1.82, 2.24) is 10.3 Å². The van der Waals surface area contributed by atoms with Crippen molar-refractivity contribution in [2.45, 2.75) is 20.3 Å². The molecule has 2 rings (SSSR count). The Kier molecular flexibility index (Phi) is 3.08. The molecular weight excluding hydrogens is 218 g/mol. The van der Waals surface area contributed by atoms with Gasteiger partial charge in [-0.2, -0.15) is 0 Å². The normalized spacial score (nSPS) is 18.9. The number of anilines is 1. The number of hydrogen-bond acceptors (Lipinski definition) is 3. The maximum absolute atomic E-state index is 11.8. The molecule has 1 fully saturated rings. The number of aryl methyl sites for hydroxylation is 2. The lowest BCUT2D eigenvalue weighted by molar-refractivity contribution is -0.123. The van der Waals surface area contributed by atoms with E-state index in [2.05, 4.69) is 15.6 Å². The van der Waals surface area contributed by atoms with Gasteiger partial charge in [-0.15, -0.1) is 0 Å². The van der Waals surface area contributed by atoms with Gasteiger partial charge in [0.1, 0.15) is 5.82 Å². The van der Waals surface area contributed by atoms with Gasteiger partial charge in [-0.3, -0.25) is 9.59 Å². The van der Waals surface area contributed by atoms with Gasteiger partial charge in [-0.25, -0.2) is 4.98 Å². The molecule has 1 atom stereocenters. The molecule has 0 spiro atoms. The maximum Gasteiger partial charge on any atom is 0.230 e. The first kappa shape index (κ1) is 11.6. The Hall–Kier alpha value is -1.91. The van der Waals surface area contributed by atoms with E-state index >= 15 is 0 Å². The molecule has 1 aromatic heterocycles. The Labute approximate surface area is 99.6 Å². The molecule has 1 aliphatic heterocycles. The fourth-order valence-electron chi connectivity index (χ4n) is 1.92. The third kappa shape index (κ3) is 2.81. The SMILES string of the molecule is Cc1cc(C)nc(NC(=O)C2CNC(=O)C2)c1. The summed E-state index contributed by atoms with van der Waals surface area (Å²) in [7, 11) is 0. The third-order valence-corrected chi connectivity index (χ3v) is 2.70. The highest BCUT2D eigenvalue weighted by atomic mass is 16.2. The lowest BCUT2D eigenvalue weighted by atomic mass is 10.1. The summed E-state index contributed by atoms with van der Waals surface area (Å²) >= 11 is 0. The summed E-state index contributed by atoms with van der Waals surface area (Å²) in [6.07, 6.45) is 0.261. The van der Waals surface area contributed by atoms with E-state index in [9.17, 15) is 9.59 Å². The minimum Gasteiger partial charge on any atom is -0.355 e. The van der Waals surface area contributed by atoms with Gasteiger partial charge in [-0.05, 0) is 31.5 Å². The number of rotatable bonds is 2. The average molecular weight is 233 g/mol. The summed E-state index contributed by atoms with van der Waals surface area (Å²) in [6.45, 7) is 4.24. The zero-order valence-electron chi connectivity index (χ0n) is 9.91. The minimum atomic E-state index is -0.287. The molecule has 5 heteroatoms. The van der Waals surface area contributed by atoms with Crippen LogP contribution in [0, 0.1) is 19.8 Å². The molecule has 1 saturated heterocycles. The van der Waals surface area contributed by atoms with Crippen LogP contribution in [0.3, 0.4) is 0 Å². The second-order valence-electron chi connectivity index (χ2n) is 4.37. The van der Waals surface area contributed by atoms with Gasteiger partial charge in [0.2, 0.25) is 11.8 Å². The first-order chi connectivity index (χ1) is 8.04. The van der Waals surface area contributed by atoms with E-state index in [-0.39, 0.29) is 24.2 Å². The van der Waals surface area contributed by atoms with Crippen LogP contribution in [0.4, 0.5) is 5.82 Å². The topological polar surface area (TPSA) is 71.1 Å². The number of carbonyl (C=O) groups is 2. The molecule has 5 nitrogen and oxygen atoms in total. The van der Waals surface area contributed by atoms with Gasteiger partial charge in [0, 0.05) is 18.7 Å². The maximum atomic E-state index is 11.8. The summed E-state index contributed by atoms with van der Waals surface area (Å²) < 4.78 is 0. The highest BCUT2D eigenvalue weighted by Crippen LogP contribution is 2.14. The zero-order chi connectivity index (χ0) is 12.4. The summed E-state index contributed by atoms with van der Waals surface area (Å²) in [5, 5.41) is 5.38. The highest BCUT2D eigenvalue weighted by Gasteiger charge is 2.28. The van der Waals surface area contributed by atoms with E-state index in [1.807, 2.05) is 26.0 Å². The minimum absolute atomic E-state index is 0.0708. The number of nitrogens with one attached hydrogen (secondary N) is 2. The van der Waals surface area contributed by atoms with E-state index in [1.54, 1.807) is 0 Å². The van der Waals surface area contributed by atoms with Crippen LogP contribution in [0.15, 0.2) is 12.1 Å². The van der Waals surface area contributed by atoms with Gasteiger partial charge in [0.15, 0.2) is 0 Å². The van der Waals surface area contributed by atoms with Crippen LogP contribution in [0.1, 0.15) is 17.7 Å². The molecule has 0 aromatic carbocycles. The van der Waals surface area contributed by atoms with Crippen molar-refractivity contribution in [3.8, 4) is 0 Å². The molecule has 0 aliphatic carbocycles. The Morgan fingerprint density at radius 2 is 2.24 bits per heavy atom. The quantitative estimate of drug-likeness (QED) is 0.792. The molecule has 1 aromatic rings. The average Bonchev–Trinajstić information content (AvgIpc) is 2.63. The predicted octanol–water partition coefficient (Wildman–Crippen LogP) is 0.773. The van der Waals surface area contributed by atoms with Crippen LogP contribution in [0.25, 0.3) is 0 Å². The monoisotopic (exact) mass is 233 g/mol. The summed E-state index contributed by atoms with van der Waals surface area (Å²) in [4.78, 5) is 27.1. The van der Waals surface area contributed by atoms with E-state index in [0.29, 0.717) is 12.4 Å². The first-order valence-electron chi connectivity index (χ1n) is 5.57. The molecule has 0 saturated carbocycles. The molecule has 17 heavy (non-hydrogen) atoms. The van der Waals surface area contributed by atoms with Crippen molar-refractivity contribution in [1.29, 1.82) is 0 Å². The van der Waals surface area contributed by atoms with Crippen LogP contribution < -0.4 is 10.6 Å². The Morgan fingerprint density at radius 3 is 2.82 bits per heavy atom. The molecule has 1 aliphatic rings. The van der Waals surface area contributed by atoms with Crippen molar-refractivity contribution in [3.05, 3.63) is 23.4 Å². The van der Waals surface area contributed by atoms with Crippen molar-refractivity contribution in [2.24, 2.45) is 5.92 Å². The molecule has 2 amide bonds. The molecule has 0 bridgehead atoms. The second-order valence-corrected chi connectivity index (χ2v) is 4.37. The van der Waals surface area contributed by atoms with Crippen LogP contribution >= 0.6 is 0 Å². The number of amides is 2. The number of nitrogens with zero attached hydrogens (tertiary/aromatic N) is 1. The Bertz CT molecular complexity index is 451. The molecular formula is C12H15N3O2. The highest BCUT2D eigenvalue weighted by molar-refractivity contribution is 5.96. The Balaban J connectivity index is 2.05. The fraction of sp³-hybridized carbons (Fsp3) is 0.417. The van der Waals surface area contributed by atoms with Gasteiger partial charge in [0.25, 0.3) is 0 Å². The number of hydrogen-bond donors (Lipinski definition) is 2. The smallest absolute Gasteiger partial charge is 0.230 e. The molecule has 2 N–H and O–H groups in total. The van der Waals surface area contributed by atoms with Crippen LogP contribution in [-0.4, -0.2) is 23.3 Å². The summed E-state index contributed by atoms with van der Waals surface area (Å²) in [6, 6.07) is 3.76. The lowest BCUT2D eigenvalue weighted by Crippen LogP contribution is -2.25. The standard InChI is InChI=1S/C12H15N3O2/c1-7-3-8(2)14-10(4-7)15-12(17)9-5-11(16)13-6-9/h3-4,9H,5-6H2,1-2H3,(H,13,16)(H,14,15,17). The first-order valence-corrected chi connectivity index (χ1v) is 5.57. The van der Waals surface area contributed by atoms with E-state index in [1.165, 1.54) is 0 Å². The van der Waals surface area contributed by atoms with Crippen molar-refractivity contribution in [3.63, 3.8) is 0 Å². The van der Waals surface area contributed by atoms with Gasteiger partial charge < -0.3 is 10.6 Å². The number of pyridine rings is 1. The van der Waals surface area contributed by atoms with Crippen LogP contribution in [0.2, 0.25) is 0 Å². The second kappa shape index (κ2) is 4.53. The van der Waals surface area contributed by atoms with Crippen molar-refractivity contribution >= 4 is 17.6 Å². The largest absolute Gasteiger partial charge is 0.355 e. The Morgan fingerprint density at radius 1 is 1.47 bits per heavy atom. The molecule has 0 radical (unpaired) electrons. The van der Waals surface area contributed by atoms with E-state index in [4.69, 9.17) is 0 Å². The molecule has 1 unspecified atom stereocenters. The third-order valence-electron chi connectivity index (χ3n) is 2.70. The van der Waals surface area contributed by atoms with Crippen molar-refractivity contribution < 1.29 is 9.59 Å². The fourth-order valence-corrected chi connectivity index (χ4v) is 1.92. The van der Waals surface area contributed by atoms with E-state index in [0.717, 1.165) is 11.3 Å². The van der Waals surface area contributed by atoms with Gasteiger partial charge >= 0.3 is 0 Å². The summed E-state index contributed by atoms with van der Waals surface area (Å²) in [5.74, 6) is 0.0383. The zero-order valence-corrected chi connectivity index (χ0v) is 9.91. The molecule has 90 valence electrons. The lowest BCUT2D eigenvalue weighted by Gasteiger charge is -2.09. The van der Waals surface area contributed by atoms with Gasteiger partial charge in [-0.1, -0.05) is 0 Å². The van der Waals surface area contributed by atoms with Crippen LogP contribution in [-0.2, 0) is 9.59 Å². The number of aromatic nitrogens is 1. The van der Waals surface area contributed by atoms with Crippen LogP contribution in [0.5, 0.6) is 0 Å². The van der Waals surface area contributed by atoms with E-state index < -0.39 is 0 Å². The van der Waals surface area contributed by atoms with Gasteiger partial charge in [0.05, 0.1) is 5.92 Å². The predicted molar refractivity (Wildman–Crippen MR) is 63.5 cm³/mol. The summed E-state index contributed by atoms with van der Waals surface area (Å²) in [5.41, 5.74) is 1.91. The van der Waals surface area contributed by atoms with Crippen molar-refractivity contribution in [2.75, 3.05) is 11.9 Å².